The normalized spacial score (nSPS) is 18.0. The molecule has 146 valence electrons. The van der Waals surface area contributed by atoms with Gasteiger partial charge >= 0.3 is 0 Å². The number of nitrogens with zero attached hydrogens (tertiary/aromatic N) is 5. The van der Waals surface area contributed by atoms with Crippen LogP contribution in [0.3, 0.4) is 0 Å². The maximum Gasteiger partial charge on any atom is 0.255 e. The van der Waals surface area contributed by atoms with Crippen molar-refractivity contribution in [3.05, 3.63) is 40.9 Å². The van der Waals surface area contributed by atoms with Crippen LogP contribution in [-0.2, 0) is 17.1 Å². The zero-order valence-electron chi connectivity index (χ0n) is 15.9. The number of hydrogen-bond donors (Lipinski definition) is 0. The van der Waals surface area contributed by atoms with Crippen LogP contribution in [0.1, 0.15) is 19.8 Å². The first-order valence-corrected chi connectivity index (χ1v) is 10.9. The summed E-state index contributed by atoms with van der Waals surface area (Å²) in [6.45, 7) is 3.65. The first kappa shape index (κ1) is 19.5. The fraction of sp³-hybridized carbons (Fsp3) is 0.500. The zero-order valence-corrected chi connectivity index (χ0v) is 16.7. The van der Waals surface area contributed by atoms with Gasteiger partial charge in [-0.15, -0.1) is 0 Å². The molecular formula is C18H25N5O3S. The lowest BCUT2D eigenvalue weighted by atomic mass is 10.2. The Morgan fingerprint density at radius 3 is 2.63 bits per heavy atom. The predicted molar refractivity (Wildman–Crippen MR) is 105 cm³/mol. The fourth-order valence-electron chi connectivity index (χ4n) is 3.52. The Hall–Kier alpha value is -2.26. The summed E-state index contributed by atoms with van der Waals surface area (Å²) in [7, 11) is -1.56. The highest BCUT2D eigenvalue weighted by atomic mass is 32.2. The van der Waals surface area contributed by atoms with Gasteiger partial charge in [-0.2, -0.15) is 4.31 Å². The van der Waals surface area contributed by atoms with E-state index in [2.05, 4.69) is 4.98 Å². The molecule has 0 spiro atoms. The zero-order chi connectivity index (χ0) is 19.6. The molecule has 2 aromatic heterocycles. The van der Waals surface area contributed by atoms with Crippen molar-refractivity contribution in [1.82, 2.24) is 18.8 Å². The average molecular weight is 391 g/mol. The Kier molecular flexibility index (Phi) is 5.61. The number of hydrogen-bond acceptors (Lipinski definition) is 6. The summed E-state index contributed by atoms with van der Waals surface area (Å²) >= 11 is 0. The largest absolute Gasteiger partial charge is 0.341 e. The lowest BCUT2D eigenvalue weighted by molar-refractivity contribution is 0.388. The minimum Gasteiger partial charge on any atom is -0.341 e. The Morgan fingerprint density at radius 1 is 1.30 bits per heavy atom. The van der Waals surface area contributed by atoms with Crippen LogP contribution in [0.5, 0.6) is 0 Å². The maximum atomic E-state index is 12.5. The topological polar surface area (TPSA) is 88.4 Å². The molecule has 1 aliphatic heterocycles. The predicted octanol–water partition coefficient (Wildman–Crippen LogP) is 1.09. The van der Waals surface area contributed by atoms with E-state index in [1.807, 2.05) is 24.0 Å². The van der Waals surface area contributed by atoms with Gasteiger partial charge < -0.3 is 4.90 Å². The summed E-state index contributed by atoms with van der Waals surface area (Å²) in [5, 5.41) is 0. The molecule has 0 unspecified atom stereocenters. The molecule has 0 aliphatic carbocycles. The SMILES string of the molecule is CCN(C[C@H]1CCCN1S(C)(=O)=O)c1nc(-c2ccncc2)cc(=O)n1C. The third-order valence-electron chi connectivity index (χ3n) is 4.93. The molecule has 1 aliphatic rings. The van der Waals surface area contributed by atoms with Gasteiger partial charge in [-0.3, -0.25) is 14.3 Å². The molecule has 0 N–H and O–H groups in total. The smallest absolute Gasteiger partial charge is 0.255 e. The highest BCUT2D eigenvalue weighted by Crippen LogP contribution is 2.24. The number of rotatable bonds is 6. The number of likely N-dealkylation sites (N-methyl/N-ethyl adjacent to an activating group) is 1. The van der Waals surface area contributed by atoms with Gasteiger partial charge in [-0.05, 0) is 31.9 Å². The van der Waals surface area contributed by atoms with Crippen molar-refractivity contribution in [3.8, 4) is 11.3 Å². The molecule has 9 heteroatoms. The van der Waals surface area contributed by atoms with Crippen molar-refractivity contribution in [1.29, 1.82) is 0 Å². The highest BCUT2D eigenvalue weighted by molar-refractivity contribution is 7.88. The van der Waals surface area contributed by atoms with E-state index in [1.165, 1.54) is 16.9 Å². The molecular weight excluding hydrogens is 366 g/mol. The van der Waals surface area contributed by atoms with Crippen molar-refractivity contribution in [2.75, 3.05) is 30.8 Å². The van der Waals surface area contributed by atoms with Crippen molar-refractivity contribution in [2.24, 2.45) is 7.05 Å². The van der Waals surface area contributed by atoms with Crippen LogP contribution in [0, 0.1) is 0 Å². The summed E-state index contributed by atoms with van der Waals surface area (Å²) in [5.74, 6) is 0.539. The van der Waals surface area contributed by atoms with Gasteiger partial charge in [-0.1, -0.05) is 0 Å². The molecule has 0 bridgehead atoms. The van der Waals surface area contributed by atoms with E-state index in [9.17, 15) is 13.2 Å². The van der Waals surface area contributed by atoms with Crippen molar-refractivity contribution in [3.63, 3.8) is 0 Å². The number of sulfonamides is 1. The third kappa shape index (κ3) is 4.19. The number of aromatic nitrogens is 3. The van der Waals surface area contributed by atoms with E-state index in [-0.39, 0.29) is 11.6 Å². The molecule has 0 radical (unpaired) electrons. The van der Waals surface area contributed by atoms with E-state index in [4.69, 9.17) is 4.98 Å². The van der Waals surface area contributed by atoms with Crippen LogP contribution in [0.15, 0.2) is 35.4 Å². The molecule has 1 fully saturated rings. The average Bonchev–Trinajstić information content (AvgIpc) is 3.11. The summed E-state index contributed by atoms with van der Waals surface area (Å²) in [5.41, 5.74) is 1.25. The van der Waals surface area contributed by atoms with E-state index >= 15 is 0 Å². The van der Waals surface area contributed by atoms with Gasteiger partial charge in [0.1, 0.15) is 0 Å². The molecule has 0 saturated carbocycles. The minimum absolute atomic E-state index is 0.110. The van der Waals surface area contributed by atoms with Crippen LogP contribution in [0.2, 0.25) is 0 Å². The Labute approximate surface area is 159 Å². The third-order valence-corrected chi connectivity index (χ3v) is 6.26. The summed E-state index contributed by atoms with van der Waals surface area (Å²) in [6, 6.07) is 5.01. The molecule has 2 aromatic rings. The second-order valence-corrected chi connectivity index (χ2v) is 8.72. The van der Waals surface area contributed by atoms with E-state index < -0.39 is 10.0 Å². The van der Waals surface area contributed by atoms with E-state index in [0.29, 0.717) is 31.3 Å². The van der Waals surface area contributed by atoms with Gasteiger partial charge in [0, 0.05) is 56.7 Å². The van der Waals surface area contributed by atoms with Crippen LogP contribution in [0.25, 0.3) is 11.3 Å². The van der Waals surface area contributed by atoms with Crippen LogP contribution in [-0.4, -0.2) is 59.2 Å². The molecule has 0 aromatic carbocycles. The summed E-state index contributed by atoms with van der Waals surface area (Å²) < 4.78 is 27.1. The second kappa shape index (κ2) is 7.77. The number of pyridine rings is 1. The molecule has 3 rings (SSSR count). The number of anilines is 1. The second-order valence-electron chi connectivity index (χ2n) is 6.78. The summed E-state index contributed by atoms with van der Waals surface area (Å²) in [4.78, 5) is 23.2. The first-order chi connectivity index (χ1) is 12.8. The Bertz CT molecular complexity index is 959. The summed E-state index contributed by atoms with van der Waals surface area (Å²) in [6.07, 6.45) is 6.22. The van der Waals surface area contributed by atoms with E-state index in [1.54, 1.807) is 23.7 Å². The van der Waals surface area contributed by atoms with Gasteiger partial charge in [0.15, 0.2) is 0 Å². The van der Waals surface area contributed by atoms with Gasteiger partial charge in [0.05, 0.1) is 11.9 Å². The Balaban J connectivity index is 1.95. The van der Waals surface area contributed by atoms with Crippen LogP contribution in [0.4, 0.5) is 5.95 Å². The van der Waals surface area contributed by atoms with Crippen molar-refractivity contribution < 1.29 is 8.42 Å². The quantitative estimate of drug-likeness (QED) is 0.733. The lowest BCUT2D eigenvalue weighted by Gasteiger charge is -2.30. The monoisotopic (exact) mass is 391 g/mol. The molecule has 1 saturated heterocycles. The highest BCUT2D eigenvalue weighted by Gasteiger charge is 2.33. The molecule has 27 heavy (non-hydrogen) atoms. The molecule has 1 atom stereocenters. The van der Waals surface area contributed by atoms with Crippen molar-refractivity contribution in [2.45, 2.75) is 25.8 Å². The fourth-order valence-corrected chi connectivity index (χ4v) is 4.69. The molecule has 3 heterocycles. The van der Waals surface area contributed by atoms with E-state index in [0.717, 1.165) is 18.4 Å². The van der Waals surface area contributed by atoms with Crippen LogP contribution >= 0.6 is 0 Å². The van der Waals surface area contributed by atoms with Gasteiger partial charge in [0.25, 0.3) is 5.56 Å². The Morgan fingerprint density at radius 2 is 2.00 bits per heavy atom. The molecule has 0 amide bonds. The standard InChI is InChI=1S/C18H25N5O3S/c1-4-22(13-15-6-5-11-23(15)27(3,25)26)18-20-16(12-17(24)21(18)2)14-7-9-19-10-8-14/h7-10,12,15H,4-6,11,13H2,1-3H3/t15-/m1/s1. The van der Waals surface area contributed by atoms with Gasteiger partial charge in [-0.25, -0.2) is 13.4 Å². The van der Waals surface area contributed by atoms with Gasteiger partial charge in [0.2, 0.25) is 16.0 Å². The lowest BCUT2D eigenvalue weighted by Crippen LogP contribution is -2.44. The van der Waals surface area contributed by atoms with Crippen LogP contribution < -0.4 is 10.5 Å². The molecule has 8 nitrogen and oxygen atoms in total. The van der Waals surface area contributed by atoms with Crippen molar-refractivity contribution >= 4 is 16.0 Å². The maximum absolute atomic E-state index is 12.5. The minimum atomic E-state index is -3.25. The first-order valence-electron chi connectivity index (χ1n) is 9.01.